The van der Waals surface area contributed by atoms with E-state index in [1.807, 2.05) is 42.3 Å². The van der Waals surface area contributed by atoms with Gasteiger partial charge >= 0.3 is 0 Å². The largest absolute Gasteiger partial charge is 0.496 e. The number of piperidine rings is 1. The minimum atomic E-state index is -0.442. The van der Waals surface area contributed by atoms with Crippen molar-refractivity contribution in [2.24, 2.45) is 4.99 Å². The monoisotopic (exact) mass is 584 g/mol. The zero-order valence-corrected chi connectivity index (χ0v) is 24.1. The number of hydrogen-bond donors (Lipinski definition) is 2. The molecule has 42 heavy (non-hydrogen) atoms. The molecule has 10 heteroatoms. The number of nitrogens with zero attached hydrogens (tertiary/aromatic N) is 4. The number of aromatic nitrogens is 2. The summed E-state index contributed by atoms with van der Waals surface area (Å²) in [6.07, 6.45) is 3.79. The Morgan fingerprint density at radius 2 is 1.95 bits per heavy atom. The molecule has 2 aliphatic heterocycles. The Kier molecular flexibility index (Phi) is 7.86. The van der Waals surface area contributed by atoms with Crippen molar-refractivity contribution in [2.75, 3.05) is 32.6 Å². The number of ether oxygens (including phenoxy) is 1. The molecule has 1 unspecified atom stereocenters. The van der Waals surface area contributed by atoms with Crippen LogP contribution in [-0.4, -0.2) is 59.8 Å². The minimum Gasteiger partial charge on any atom is -0.496 e. The van der Waals surface area contributed by atoms with Gasteiger partial charge in [-0.15, -0.1) is 0 Å². The number of likely N-dealkylation sites (N-methyl/N-ethyl adjacent to an activating group) is 1. The van der Waals surface area contributed by atoms with Gasteiger partial charge in [0.05, 0.1) is 30.6 Å². The molecule has 0 saturated carbocycles. The van der Waals surface area contributed by atoms with Crippen LogP contribution in [-0.2, 0) is 6.54 Å². The summed E-state index contributed by atoms with van der Waals surface area (Å²) in [6, 6.07) is 17.7. The Balaban J connectivity index is 1.29. The van der Waals surface area contributed by atoms with E-state index in [2.05, 4.69) is 15.6 Å². The number of anilines is 2. The minimum absolute atomic E-state index is 0.0281. The first-order chi connectivity index (χ1) is 20.4. The molecule has 8 nitrogen and oxygen atoms in total. The first kappa shape index (κ1) is 27.8. The molecule has 3 heterocycles. The lowest BCUT2D eigenvalue weighted by atomic mass is 9.94. The van der Waals surface area contributed by atoms with Gasteiger partial charge in [0, 0.05) is 58.3 Å². The van der Waals surface area contributed by atoms with Gasteiger partial charge in [0.1, 0.15) is 11.6 Å². The van der Waals surface area contributed by atoms with Crippen molar-refractivity contribution in [3.8, 4) is 17.0 Å². The number of benzene rings is 3. The first-order valence-electron chi connectivity index (χ1n) is 13.8. The quantitative estimate of drug-likeness (QED) is 0.295. The fraction of sp³-hybridized carbons (Fsp3) is 0.250. The van der Waals surface area contributed by atoms with Gasteiger partial charge in [-0.3, -0.25) is 9.79 Å². The molecular weight excluding hydrogens is 555 g/mol. The number of carbonyl (C=O) groups is 1. The average Bonchev–Trinajstić information content (AvgIpc) is 3.17. The number of halogens is 2. The van der Waals surface area contributed by atoms with Crippen molar-refractivity contribution >= 4 is 34.9 Å². The summed E-state index contributed by atoms with van der Waals surface area (Å²) in [5.41, 5.74) is 4.95. The third-order valence-electron chi connectivity index (χ3n) is 7.70. The second-order valence-corrected chi connectivity index (χ2v) is 10.8. The van der Waals surface area contributed by atoms with E-state index in [0.29, 0.717) is 51.8 Å². The summed E-state index contributed by atoms with van der Waals surface area (Å²) in [4.78, 5) is 29.1. The standard InChI is InChI=1S/C32H30ClFN6O2/c1-35-23-5-4-14-40(18-23)31(41)19-8-11-22(12-9-19)38-32-37-17-20-16-36-30(28-26(34)6-3-7-27(28)42-2)25-15-21(33)10-13-24(25)29(20)39-32/h3,6-13,15,17,23,35H,4-5,14,16,18H2,1-2H3,(H,37,38,39). The number of nitrogens with one attached hydrogen (secondary N) is 2. The molecule has 6 rings (SSSR count). The molecule has 3 aromatic carbocycles. The molecule has 1 fully saturated rings. The second kappa shape index (κ2) is 11.9. The molecular formula is C32H30ClFN6O2. The van der Waals surface area contributed by atoms with Gasteiger partial charge in [0.2, 0.25) is 5.95 Å². The van der Waals surface area contributed by atoms with Crippen LogP contribution in [0.3, 0.4) is 0 Å². The third kappa shape index (κ3) is 5.45. The molecule has 214 valence electrons. The van der Waals surface area contributed by atoms with Crippen LogP contribution in [0.5, 0.6) is 5.75 Å². The van der Waals surface area contributed by atoms with Gasteiger partial charge in [0.25, 0.3) is 5.91 Å². The Hall–Kier alpha value is -4.34. The summed E-state index contributed by atoms with van der Waals surface area (Å²) < 4.78 is 20.6. The van der Waals surface area contributed by atoms with E-state index in [9.17, 15) is 4.79 Å². The van der Waals surface area contributed by atoms with Crippen LogP contribution < -0.4 is 15.4 Å². The highest BCUT2D eigenvalue weighted by Gasteiger charge is 2.26. The normalized spacial score (nSPS) is 16.1. The third-order valence-corrected chi connectivity index (χ3v) is 7.94. The summed E-state index contributed by atoms with van der Waals surface area (Å²) in [5.74, 6) is 0.347. The first-order valence-corrected chi connectivity index (χ1v) is 14.2. The zero-order valence-electron chi connectivity index (χ0n) is 23.3. The van der Waals surface area contributed by atoms with E-state index in [4.69, 9.17) is 26.3 Å². The van der Waals surface area contributed by atoms with Gasteiger partial charge in [-0.2, -0.15) is 0 Å². The van der Waals surface area contributed by atoms with E-state index >= 15 is 4.39 Å². The van der Waals surface area contributed by atoms with Crippen molar-refractivity contribution < 1.29 is 13.9 Å². The predicted molar refractivity (Wildman–Crippen MR) is 162 cm³/mol. The van der Waals surface area contributed by atoms with Gasteiger partial charge in [-0.25, -0.2) is 14.4 Å². The Morgan fingerprint density at radius 3 is 2.74 bits per heavy atom. The van der Waals surface area contributed by atoms with E-state index in [1.54, 1.807) is 30.5 Å². The highest BCUT2D eigenvalue weighted by Crippen LogP contribution is 2.36. The van der Waals surface area contributed by atoms with Crippen LogP contribution in [0.15, 0.2) is 71.9 Å². The molecule has 0 spiro atoms. The molecule has 4 aromatic rings. The van der Waals surface area contributed by atoms with Crippen molar-refractivity contribution in [2.45, 2.75) is 25.4 Å². The predicted octanol–water partition coefficient (Wildman–Crippen LogP) is 5.86. The van der Waals surface area contributed by atoms with E-state index in [0.717, 1.165) is 36.2 Å². The molecule has 1 amide bonds. The maximum absolute atomic E-state index is 15.1. The molecule has 1 saturated heterocycles. The molecule has 0 aliphatic carbocycles. The van der Waals surface area contributed by atoms with Gasteiger partial charge in [-0.05, 0) is 68.4 Å². The van der Waals surface area contributed by atoms with E-state index < -0.39 is 5.82 Å². The van der Waals surface area contributed by atoms with Gasteiger partial charge in [0.15, 0.2) is 0 Å². The average molecular weight is 585 g/mol. The fourth-order valence-electron chi connectivity index (χ4n) is 5.51. The number of fused-ring (bicyclic) bond motifs is 3. The Labute approximate surface area is 248 Å². The molecule has 1 atom stereocenters. The lowest BCUT2D eigenvalue weighted by Crippen LogP contribution is -2.46. The summed E-state index contributed by atoms with van der Waals surface area (Å²) >= 11 is 6.41. The van der Waals surface area contributed by atoms with E-state index in [1.165, 1.54) is 13.2 Å². The molecule has 2 N–H and O–H groups in total. The number of methoxy groups -OCH3 is 1. The summed E-state index contributed by atoms with van der Waals surface area (Å²) in [7, 11) is 3.44. The number of aliphatic imine (C=N–C) groups is 1. The van der Waals surface area contributed by atoms with Crippen molar-refractivity contribution in [3.05, 3.63) is 100.0 Å². The van der Waals surface area contributed by atoms with Crippen LogP contribution in [0.2, 0.25) is 5.02 Å². The zero-order chi connectivity index (χ0) is 29.2. The second-order valence-electron chi connectivity index (χ2n) is 10.3. The Morgan fingerprint density at radius 1 is 1.12 bits per heavy atom. The van der Waals surface area contributed by atoms with Crippen LogP contribution >= 0.6 is 11.6 Å². The molecule has 1 aromatic heterocycles. The lowest BCUT2D eigenvalue weighted by molar-refractivity contribution is 0.0698. The Bertz CT molecular complexity index is 1680. The number of amides is 1. The topological polar surface area (TPSA) is 91.7 Å². The van der Waals surface area contributed by atoms with Crippen LogP contribution in [0.4, 0.5) is 16.0 Å². The van der Waals surface area contributed by atoms with Crippen LogP contribution in [0, 0.1) is 5.82 Å². The fourth-order valence-corrected chi connectivity index (χ4v) is 5.68. The van der Waals surface area contributed by atoms with Crippen molar-refractivity contribution in [3.63, 3.8) is 0 Å². The highest BCUT2D eigenvalue weighted by atomic mass is 35.5. The maximum atomic E-state index is 15.1. The number of likely N-dealkylation sites (tertiary alicyclic amines) is 1. The number of hydrogen-bond acceptors (Lipinski definition) is 7. The van der Waals surface area contributed by atoms with Crippen molar-refractivity contribution in [1.29, 1.82) is 0 Å². The van der Waals surface area contributed by atoms with Gasteiger partial charge < -0.3 is 20.3 Å². The summed E-state index contributed by atoms with van der Waals surface area (Å²) in [6.45, 7) is 1.72. The molecule has 0 radical (unpaired) electrons. The van der Waals surface area contributed by atoms with Crippen molar-refractivity contribution in [1.82, 2.24) is 20.2 Å². The highest BCUT2D eigenvalue weighted by molar-refractivity contribution is 6.31. The molecule has 0 bridgehead atoms. The smallest absolute Gasteiger partial charge is 0.253 e. The van der Waals surface area contributed by atoms with E-state index in [-0.39, 0.29) is 18.0 Å². The van der Waals surface area contributed by atoms with Gasteiger partial charge in [-0.1, -0.05) is 23.7 Å². The SMILES string of the molecule is CNC1CCCN(C(=O)c2ccc(Nc3ncc4c(n3)-c3ccc(Cl)cc3C(c3c(F)cccc3OC)=NC4)cc2)C1. The maximum Gasteiger partial charge on any atom is 0.253 e. The number of carbonyl (C=O) groups excluding carboxylic acids is 1. The molecule has 2 aliphatic rings. The lowest BCUT2D eigenvalue weighted by Gasteiger charge is -2.32. The van der Waals surface area contributed by atoms with Crippen LogP contribution in [0.1, 0.15) is 39.9 Å². The van der Waals surface area contributed by atoms with Crippen LogP contribution in [0.25, 0.3) is 11.3 Å². The summed E-state index contributed by atoms with van der Waals surface area (Å²) in [5, 5.41) is 7.02. The number of rotatable bonds is 6.